The van der Waals surface area contributed by atoms with Crippen LogP contribution in [-0.4, -0.2) is 39.4 Å². The van der Waals surface area contributed by atoms with E-state index in [1.54, 1.807) is 43.5 Å². The molecule has 0 unspecified atom stereocenters. The lowest BCUT2D eigenvalue weighted by atomic mass is 10.2. The molecule has 10 heteroatoms. The lowest BCUT2D eigenvalue weighted by molar-refractivity contribution is -0.118. The van der Waals surface area contributed by atoms with Gasteiger partial charge in [0.2, 0.25) is 10.1 Å². The fourth-order valence-electron chi connectivity index (χ4n) is 2.45. The zero-order valence-electron chi connectivity index (χ0n) is 14.6. The molecule has 2 aromatic heterocycles. The molecule has 8 nitrogen and oxygen atoms in total. The van der Waals surface area contributed by atoms with Gasteiger partial charge in [0.25, 0.3) is 5.91 Å². The van der Waals surface area contributed by atoms with Crippen molar-refractivity contribution in [3.8, 4) is 22.9 Å². The summed E-state index contributed by atoms with van der Waals surface area (Å²) in [5, 5.41) is 15.3. The number of ether oxygens (including phenoxy) is 2. The molecule has 1 amide bonds. The van der Waals surface area contributed by atoms with Gasteiger partial charge in [-0.15, -0.1) is 15.3 Å². The van der Waals surface area contributed by atoms with Crippen LogP contribution < -0.4 is 14.8 Å². The summed E-state index contributed by atoms with van der Waals surface area (Å²) in [5.41, 5.74) is 0.540. The molecule has 2 heterocycles. The van der Waals surface area contributed by atoms with Crippen LogP contribution in [0, 0.1) is 5.82 Å². The standard InChI is InChI=1S/C18H14FN5O3S/c1-26-13-5-7-14(8-6-13)27-10-15(25)20-17-23-24-16(21-22-18(24)28-17)11-3-2-4-12(19)9-11/h2-9H,10H2,1H3,(H,20,23,25). The monoisotopic (exact) mass is 399 g/mol. The molecule has 0 saturated carbocycles. The largest absolute Gasteiger partial charge is 0.497 e. The fourth-order valence-corrected chi connectivity index (χ4v) is 3.21. The number of methoxy groups -OCH3 is 1. The Balaban J connectivity index is 1.43. The van der Waals surface area contributed by atoms with Gasteiger partial charge in [0, 0.05) is 5.56 Å². The molecule has 142 valence electrons. The zero-order chi connectivity index (χ0) is 19.5. The molecule has 0 spiro atoms. The summed E-state index contributed by atoms with van der Waals surface area (Å²) >= 11 is 1.15. The second-order valence-corrected chi connectivity index (χ2v) is 6.60. The molecule has 0 fully saturated rings. The van der Waals surface area contributed by atoms with Crippen LogP contribution in [0.2, 0.25) is 0 Å². The van der Waals surface area contributed by atoms with Crippen molar-refractivity contribution < 1.29 is 18.7 Å². The Hall–Kier alpha value is -3.53. The third-order valence-electron chi connectivity index (χ3n) is 3.75. The van der Waals surface area contributed by atoms with Crippen LogP contribution in [-0.2, 0) is 4.79 Å². The Bertz CT molecular complexity index is 1130. The van der Waals surface area contributed by atoms with Crippen LogP contribution in [0.3, 0.4) is 0 Å². The van der Waals surface area contributed by atoms with Gasteiger partial charge >= 0.3 is 0 Å². The average molecular weight is 399 g/mol. The van der Waals surface area contributed by atoms with Gasteiger partial charge in [-0.1, -0.05) is 23.5 Å². The lowest BCUT2D eigenvalue weighted by Gasteiger charge is -2.06. The first kappa shape index (κ1) is 17.9. The minimum atomic E-state index is -0.381. The molecule has 0 saturated heterocycles. The molecule has 0 atom stereocenters. The number of carbonyl (C=O) groups excluding carboxylic acids is 1. The predicted octanol–water partition coefficient (Wildman–Crippen LogP) is 3.02. The van der Waals surface area contributed by atoms with Crippen molar-refractivity contribution in [3.63, 3.8) is 0 Å². The number of benzene rings is 2. The summed E-state index contributed by atoms with van der Waals surface area (Å²) < 4.78 is 25.4. The van der Waals surface area contributed by atoms with E-state index < -0.39 is 0 Å². The third kappa shape index (κ3) is 3.76. The molecular formula is C18H14FN5O3S. The molecule has 2 aromatic carbocycles. The quantitative estimate of drug-likeness (QED) is 0.536. The summed E-state index contributed by atoms with van der Waals surface area (Å²) in [6.45, 7) is -0.177. The number of halogens is 1. The van der Waals surface area contributed by atoms with Gasteiger partial charge in [0.15, 0.2) is 12.4 Å². The van der Waals surface area contributed by atoms with Crippen molar-refractivity contribution in [3.05, 3.63) is 54.3 Å². The highest BCUT2D eigenvalue weighted by Crippen LogP contribution is 2.24. The van der Waals surface area contributed by atoms with Gasteiger partial charge in [-0.25, -0.2) is 4.39 Å². The number of nitrogens with zero attached hydrogens (tertiary/aromatic N) is 4. The van der Waals surface area contributed by atoms with E-state index in [0.717, 1.165) is 11.3 Å². The Morgan fingerprint density at radius 1 is 1.18 bits per heavy atom. The van der Waals surface area contributed by atoms with Gasteiger partial charge in [-0.3, -0.25) is 10.1 Å². The summed E-state index contributed by atoms with van der Waals surface area (Å²) in [4.78, 5) is 12.6. The Morgan fingerprint density at radius 2 is 1.96 bits per heavy atom. The van der Waals surface area contributed by atoms with Crippen LogP contribution in [0.5, 0.6) is 11.5 Å². The number of amides is 1. The maximum absolute atomic E-state index is 13.5. The van der Waals surface area contributed by atoms with Gasteiger partial charge in [0.05, 0.1) is 7.11 Å². The first-order valence-corrected chi connectivity index (χ1v) is 8.99. The summed E-state index contributed by atoms with van der Waals surface area (Å²) in [6.07, 6.45) is 0. The molecule has 0 radical (unpaired) electrons. The molecule has 1 N–H and O–H groups in total. The Kier molecular flexibility index (Phi) is 4.85. The molecule has 4 aromatic rings. The predicted molar refractivity (Wildman–Crippen MR) is 101 cm³/mol. The summed E-state index contributed by atoms with van der Waals surface area (Å²) in [7, 11) is 1.57. The van der Waals surface area contributed by atoms with Crippen molar-refractivity contribution in [1.82, 2.24) is 19.8 Å². The van der Waals surface area contributed by atoms with E-state index >= 15 is 0 Å². The van der Waals surface area contributed by atoms with Gasteiger partial charge in [-0.2, -0.15) is 4.52 Å². The van der Waals surface area contributed by atoms with Gasteiger partial charge in [0.1, 0.15) is 17.3 Å². The maximum atomic E-state index is 13.5. The molecule has 4 rings (SSSR count). The molecule has 0 aliphatic rings. The van der Waals surface area contributed by atoms with Crippen LogP contribution in [0.4, 0.5) is 9.52 Å². The second-order valence-electron chi connectivity index (χ2n) is 5.65. The number of hydrogen-bond acceptors (Lipinski definition) is 7. The highest BCUT2D eigenvalue weighted by atomic mass is 32.1. The SMILES string of the molecule is COc1ccc(OCC(=O)Nc2nn3c(-c4cccc(F)c4)nnc3s2)cc1. The van der Waals surface area contributed by atoms with Crippen molar-refractivity contribution in [1.29, 1.82) is 0 Å². The zero-order valence-corrected chi connectivity index (χ0v) is 15.4. The van der Waals surface area contributed by atoms with Gasteiger partial charge in [-0.05, 0) is 36.4 Å². The Morgan fingerprint density at radius 3 is 2.71 bits per heavy atom. The third-order valence-corrected chi connectivity index (χ3v) is 4.56. The number of fused-ring (bicyclic) bond motifs is 1. The highest BCUT2D eigenvalue weighted by molar-refractivity contribution is 7.20. The Labute approximate surface area is 162 Å². The van der Waals surface area contributed by atoms with E-state index in [0.29, 0.717) is 33.0 Å². The molecule has 0 aliphatic carbocycles. The fraction of sp³-hybridized carbons (Fsp3) is 0.111. The molecule has 0 aliphatic heterocycles. The first-order chi connectivity index (χ1) is 13.6. The van der Waals surface area contributed by atoms with Crippen LogP contribution in [0.25, 0.3) is 16.3 Å². The van der Waals surface area contributed by atoms with Crippen LogP contribution >= 0.6 is 11.3 Å². The number of anilines is 1. The van der Waals surface area contributed by atoms with E-state index in [4.69, 9.17) is 9.47 Å². The van der Waals surface area contributed by atoms with Crippen LogP contribution in [0.15, 0.2) is 48.5 Å². The topological polar surface area (TPSA) is 90.6 Å². The van der Waals surface area contributed by atoms with E-state index in [9.17, 15) is 9.18 Å². The van der Waals surface area contributed by atoms with E-state index in [2.05, 4.69) is 20.6 Å². The minimum Gasteiger partial charge on any atom is -0.497 e. The molecule has 0 bridgehead atoms. The van der Waals surface area contributed by atoms with Crippen molar-refractivity contribution in [2.45, 2.75) is 0 Å². The van der Waals surface area contributed by atoms with Crippen molar-refractivity contribution in [2.24, 2.45) is 0 Å². The van der Waals surface area contributed by atoms with Crippen molar-refractivity contribution >= 4 is 27.3 Å². The lowest BCUT2D eigenvalue weighted by Crippen LogP contribution is -2.20. The summed E-state index contributed by atoms with van der Waals surface area (Å²) in [6, 6.07) is 12.9. The molecular weight excluding hydrogens is 385 g/mol. The van der Waals surface area contributed by atoms with Gasteiger partial charge < -0.3 is 9.47 Å². The van der Waals surface area contributed by atoms with E-state index in [1.807, 2.05) is 0 Å². The second kappa shape index (κ2) is 7.61. The number of aromatic nitrogens is 4. The summed E-state index contributed by atoms with van der Waals surface area (Å²) in [5.74, 6) is 0.885. The first-order valence-electron chi connectivity index (χ1n) is 8.17. The minimum absolute atomic E-state index is 0.177. The number of rotatable bonds is 6. The number of hydrogen-bond donors (Lipinski definition) is 1. The normalized spacial score (nSPS) is 10.8. The number of carbonyl (C=O) groups is 1. The molecule has 28 heavy (non-hydrogen) atoms. The smallest absolute Gasteiger partial charge is 0.264 e. The van der Waals surface area contributed by atoms with Crippen molar-refractivity contribution in [2.75, 3.05) is 19.0 Å². The average Bonchev–Trinajstić information content (AvgIpc) is 3.27. The van der Waals surface area contributed by atoms with E-state index in [1.165, 1.54) is 16.6 Å². The van der Waals surface area contributed by atoms with E-state index in [-0.39, 0.29) is 18.3 Å². The maximum Gasteiger partial charge on any atom is 0.264 e. The highest BCUT2D eigenvalue weighted by Gasteiger charge is 2.15. The van der Waals surface area contributed by atoms with Crippen LogP contribution in [0.1, 0.15) is 0 Å². The number of nitrogens with one attached hydrogen (secondary N) is 1.